The van der Waals surface area contributed by atoms with E-state index in [0.717, 1.165) is 147 Å². The van der Waals surface area contributed by atoms with Gasteiger partial charge in [-0.15, -0.1) is 45.3 Å². The Hall–Kier alpha value is -8.54. The highest BCUT2D eigenvalue weighted by Gasteiger charge is 2.67. The van der Waals surface area contributed by atoms with Crippen molar-refractivity contribution in [2.45, 2.75) is 179 Å². The minimum absolute atomic E-state index is 0.172. The van der Waals surface area contributed by atoms with Crippen molar-refractivity contribution in [3.8, 4) is 37.7 Å². The van der Waals surface area contributed by atoms with Gasteiger partial charge in [0.05, 0.1) is 39.7 Å². The summed E-state index contributed by atoms with van der Waals surface area (Å²) in [5.74, 6) is -0.680. The molecule has 5 nitrogen and oxygen atoms in total. The van der Waals surface area contributed by atoms with Gasteiger partial charge in [0, 0.05) is 51.8 Å². The molecule has 0 saturated heterocycles. The molecule has 0 N–H and O–H groups in total. The Morgan fingerprint density at radius 3 is 1.27 bits per heavy atom. The lowest BCUT2D eigenvalue weighted by Gasteiger charge is -2.35. The zero-order valence-electron chi connectivity index (χ0n) is 58.8. The van der Waals surface area contributed by atoms with Crippen LogP contribution in [-0.2, 0) is 46.9 Å². The van der Waals surface area contributed by atoms with E-state index in [0.29, 0.717) is 0 Å². The van der Waals surface area contributed by atoms with Crippen molar-refractivity contribution in [3.63, 3.8) is 0 Å². The Kier molecular flexibility index (Phi) is 21.5. The lowest BCUT2D eigenvalue weighted by Crippen LogP contribution is -2.43. The summed E-state index contributed by atoms with van der Waals surface area (Å²) in [5, 5.41) is 32.3. The van der Waals surface area contributed by atoms with Crippen LogP contribution in [0, 0.1) is 34.0 Å². The van der Waals surface area contributed by atoms with Crippen LogP contribution in [0.2, 0.25) is 0 Å². The van der Waals surface area contributed by atoms with E-state index >= 15 is 13.2 Å². The maximum absolute atomic E-state index is 17.1. The Bertz CT molecular complexity index is 4700. The summed E-state index contributed by atoms with van der Waals surface area (Å²) >= 11 is 6.69. The maximum Gasteiger partial charge on any atom is 0.437 e. The highest BCUT2D eigenvalue weighted by molar-refractivity contribution is 7.34. The quantitative estimate of drug-likeness (QED) is 0.0345. The number of benzene rings is 6. The molecule has 0 amide bonds. The number of thiophene rings is 4. The summed E-state index contributed by atoms with van der Waals surface area (Å²) in [4.78, 5) is 7.67. The van der Waals surface area contributed by atoms with Crippen LogP contribution in [0.15, 0.2) is 181 Å². The van der Waals surface area contributed by atoms with E-state index in [-0.39, 0.29) is 10.4 Å². The SMILES string of the molecule is CCCCCCc1ccc(C2(c3ccc(CCCCCC)cc3)c3cc(/C=C/c4ccc(N(C)C)cc4)sc3-c3sc4c5c(sc4c32)-c2sc(C3=C(C#N)C(=C(C#N)C#N)OC3(c3ccccc3)C(F)(F)F)cc2C5(c2ccc(CCCCCC)cc2)c2ccc(CCCCCC)cc2)cc1. The number of unbranched alkanes of at least 4 members (excludes halogenated alkanes) is 12. The first-order valence-electron chi connectivity index (χ1n) is 36.5. The Balaban J connectivity index is 1.13. The number of rotatable bonds is 29. The number of aryl methyl sites for hydroxylation is 4. The summed E-state index contributed by atoms with van der Waals surface area (Å²) in [7, 11) is 4.12. The predicted molar refractivity (Wildman–Crippen MR) is 417 cm³/mol. The smallest absolute Gasteiger partial charge is 0.437 e. The molecule has 13 rings (SSSR count). The van der Waals surface area contributed by atoms with Gasteiger partial charge in [0.1, 0.15) is 23.8 Å². The second kappa shape index (κ2) is 30.6. The molecule has 0 saturated carbocycles. The lowest BCUT2D eigenvalue weighted by atomic mass is 9.67. The van der Waals surface area contributed by atoms with Crippen LogP contribution >= 0.6 is 45.3 Å². The summed E-state index contributed by atoms with van der Waals surface area (Å²) in [5.41, 5.74) is 8.94. The van der Waals surface area contributed by atoms with E-state index < -0.39 is 45.1 Å². The molecular formula is C89H87F3N4OS4. The third-order valence-electron chi connectivity index (χ3n) is 21.1. The molecule has 6 aromatic carbocycles. The van der Waals surface area contributed by atoms with Crippen molar-refractivity contribution in [1.29, 1.82) is 15.8 Å². The van der Waals surface area contributed by atoms with E-state index in [1.54, 1.807) is 29.5 Å². The molecule has 0 radical (unpaired) electrons. The molecule has 514 valence electrons. The number of nitriles is 3. The van der Waals surface area contributed by atoms with Crippen LogP contribution in [0.5, 0.6) is 0 Å². The monoisotopic (exact) mass is 1410 g/mol. The second-order valence-corrected chi connectivity index (χ2v) is 32.0. The molecule has 0 spiro atoms. The lowest BCUT2D eigenvalue weighted by molar-refractivity contribution is -0.241. The molecule has 0 bridgehead atoms. The fourth-order valence-corrected chi connectivity index (χ4v) is 21.7. The molecule has 12 heteroatoms. The fourth-order valence-electron chi connectivity index (χ4n) is 15.9. The van der Waals surface area contributed by atoms with Crippen molar-refractivity contribution in [2.75, 3.05) is 19.0 Å². The first-order valence-corrected chi connectivity index (χ1v) is 39.7. The second-order valence-electron chi connectivity index (χ2n) is 27.8. The number of fused-ring (bicyclic) bond motifs is 9. The largest absolute Gasteiger partial charge is 0.464 e. The Labute approximate surface area is 611 Å². The standard InChI is InChI=1S/C89H87F3N4OS4/c1-7-11-15-20-26-59-32-43-65(44-33-59)86(66-45-34-60(35-46-66)27-21-16-12-8-2)73-54-71(53-42-63-40-51-70(52-41-63)96(5)6)98-80(73)82-77(86)84-85(100-82)78-83(101-84)81-74(55-75(99-81)76-72(58-95)79(64(56-93)57-94)97-88(76,89(90,91)92)69-30-24-19-25-31-69)87(78,67-47-36-61(37-48-67)28-22-17-13-9-3)68-49-38-62(39-50-68)29-23-18-14-10-4/h19,24-25,30-55H,7-18,20-23,26-29H2,1-6H3/b53-42+. The van der Waals surface area contributed by atoms with E-state index in [1.165, 1.54) is 128 Å². The van der Waals surface area contributed by atoms with Gasteiger partial charge in [-0.25, -0.2) is 0 Å². The number of ether oxygens (including phenoxy) is 1. The van der Waals surface area contributed by atoms with Gasteiger partial charge in [-0.3, -0.25) is 0 Å². The third kappa shape index (κ3) is 12.9. The van der Waals surface area contributed by atoms with Gasteiger partial charge in [0.25, 0.3) is 5.60 Å². The van der Waals surface area contributed by atoms with E-state index in [9.17, 15) is 15.8 Å². The van der Waals surface area contributed by atoms with Gasteiger partial charge >= 0.3 is 6.18 Å². The van der Waals surface area contributed by atoms with Crippen molar-refractivity contribution in [3.05, 3.63) is 268 Å². The van der Waals surface area contributed by atoms with Gasteiger partial charge in [0.2, 0.25) is 0 Å². The number of hydrogen-bond donors (Lipinski definition) is 0. The third-order valence-corrected chi connectivity index (χ3v) is 26.2. The first kappa shape index (κ1) is 70.9. The topological polar surface area (TPSA) is 83.8 Å². The summed E-state index contributed by atoms with van der Waals surface area (Å²) in [6.45, 7) is 8.97. The van der Waals surface area contributed by atoms with Gasteiger partial charge < -0.3 is 9.64 Å². The molecule has 0 fully saturated rings. The maximum atomic E-state index is 17.1. The van der Waals surface area contributed by atoms with Crippen LogP contribution in [0.25, 0.3) is 46.6 Å². The van der Waals surface area contributed by atoms with Crippen molar-refractivity contribution >= 4 is 78.2 Å². The molecule has 10 aromatic rings. The highest BCUT2D eigenvalue weighted by Crippen LogP contribution is 2.71. The van der Waals surface area contributed by atoms with Crippen molar-refractivity contribution in [1.82, 2.24) is 0 Å². The molecule has 2 aliphatic carbocycles. The molecule has 1 atom stereocenters. The first-order chi connectivity index (χ1) is 49.2. The average Bonchev–Trinajstić information content (AvgIpc) is 1.49. The molecule has 5 heterocycles. The number of anilines is 1. The van der Waals surface area contributed by atoms with Crippen LogP contribution in [0.4, 0.5) is 18.9 Å². The van der Waals surface area contributed by atoms with Gasteiger partial charge in [0.15, 0.2) is 11.3 Å². The molecule has 1 unspecified atom stereocenters. The average molecular weight is 1410 g/mol. The highest BCUT2D eigenvalue weighted by atomic mass is 32.1. The zero-order valence-corrected chi connectivity index (χ0v) is 62.1. The predicted octanol–water partition coefficient (Wildman–Crippen LogP) is 25.6. The van der Waals surface area contributed by atoms with Gasteiger partial charge in [-0.2, -0.15) is 29.0 Å². The molecule has 4 aromatic heterocycles. The summed E-state index contributed by atoms with van der Waals surface area (Å²) in [6.07, 6.45) is 21.5. The Morgan fingerprint density at radius 2 is 0.881 bits per heavy atom. The van der Waals surface area contributed by atoms with E-state index in [4.69, 9.17) is 4.74 Å². The summed E-state index contributed by atoms with van der Waals surface area (Å²) in [6, 6.07) is 63.2. The van der Waals surface area contributed by atoms with Crippen LogP contribution in [0.3, 0.4) is 0 Å². The number of alkyl halides is 3. The minimum atomic E-state index is -5.19. The molecule has 3 aliphatic rings. The number of allylic oxidation sites excluding steroid dienone is 2. The van der Waals surface area contributed by atoms with Crippen LogP contribution in [-0.4, -0.2) is 20.3 Å². The Morgan fingerprint density at radius 1 is 0.465 bits per heavy atom. The number of halogens is 3. The fraction of sp³-hybridized carbons (Fsp3) is 0.337. The number of hydrogen-bond acceptors (Lipinski definition) is 9. The normalized spacial score (nSPS) is 15.5. The van der Waals surface area contributed by atoms with Crippen LogP contribution in [0.1, 0.15) is 218 Å². The van der Waals surface area contributed by atoms with E-state index in [2.05, 4.69) is 192 Å². The van der Waals surface area contributed by atoms with Gasteiger partial charge in [-0.05, 0) is 143 Å². The van der Waals surface area contributed by atoms with Crippen molar-refractivity contribution < 1.29 is 17.9 Å². The van der Waals surface area contributed by atoms with Crippen LogP contribution < -0.4 is 4.90 Å². The minimum Gasteiger partial charge on any atom is -0.464 e. The molecular weight excluding hydrogens is 1330 g/mol. The zero-order chi connectivity index (χ0) is 70.5. The molecule has 101 heavy (non-hydrogen) atoms. The summed E-state index contributed by atoms with van der Waals surface area (Å²) < 4.78 is 59.6. The number of nitrogens with zero attached hydrogens (tertiary/aromatic N) is 4. The van der Waals surface area contributed by atoms with Crippen molar-refractivity contribution in [2.24, 2.45) is 0 Å². The molecule has 1 aliphatic heterocycles. The van der Waals surface area contributed by atoms with E-state index in [1.807, 2.05) is 28.7 Å². The van der Waals surface area contributed by atoms with Gasteiger partial charge in [-0.1, -0.05) is 250 Å².